The summed E-state index contributed by atoms with van der Waals surface area (Å²) in [5.41, 5.74) is 1.23. The van der Waals surface area contributed by atoms with E-state index in [1.807, 2.05) is 28.7 Å². The van der Waals surface area contributed by atoms with Gasteiger partial charge in [0.2, 0.25) is 0 Å². The second-order valence-electron chi connectivity index (χ2n) is 6.68. The summed E-state index contributed by atoms with van der Waals surface area (Å²) < 4.78 is 8.06. The molecular weight excluding hydrogens is 382 g/mol. The van der Waals surface area contributed by atoms with Crippen molar-refractivity contribution in [1.82, 2.24) is 0 Å². The van der Waals surface area contributed by atoms with E-state index in [2.05, 4.69) is 83.8 Å². The highest BCUT2D eigenvalue weighted by Crippen LogP contribution is 2.42. The first-order valence-corrected chi connectivity index (χ1v) is 10.8. The molecule has 5 rings (SSSR count). The number of thiophene rings is 2. The van der Waals surface area contributed by atoms with E-state index < -0.39 is 0 Å². The van der Waals surface area contributed by atoms with Gasteiger partial charge >= 0.3 is 0 Å². The molecule has 0 N–H and O–H groups in total. The SMILES string of the molecule is COc1cccc(CN(c2cc3ccccc3s2)c2cc3ccccc3s2)c1. The fourth-order valence-electron chi connectivity index (χ4n) is 3.42. The Morgan fingerprint density at radius 2 is 1.32 bits per heavy atom. The van der Waals surface area contributed by atoms with Crippen molar-refractivity contribution in [2.75, 3.05) is 12.0 Å². The van der Waals surface area contributed by atoms with E-state index >= 15 is 0 Å². The number of nitrogens with zero attached hydrogens (tertiary/aromatic N) is 1. The maximum atomic E-state index is 5.43. The van der Waals surface area contributed by atoms with Gasteiger partial charge < -0.3 is 9.64 Å². The summed E-state index contributed by atoms with van der Waals surface area (Å²) in [6, 6.07) is 30.1. The van der Waals surface area contributed by atoms with Gasteiger partial charge in [0.1, 0.15) is 5.75 Å². The third-order valence-corrected chi connectivity index (χ3v) is 7.11. The zero-order valence-electron chi connectivity index (χ0n) is 15.5. The van der Waals surface area contributed by atoms with Gasteiger partial charge in [-0.05, 0) is 52.7 Å². The summed E-state index contributed by atoms with van der Waals surface area (Å²) in [6.07, 6.45) is 0. The van der Waals surface area contributed by atoms with Gasteiger partial charge in [-0.15, -0.1) is 22.7 Å². The lowest BCUT2D eigenvalue weighted by molar-refractivity contribution is 0.414. The van der Waals surface area contributed by atoms with Crippen molar-refractivity contribution >= 4 is 52.8 Å². The zero-order chi connectivity index (χ0) is 18.9. The van der Waals surface area contributed by atoms with Crippen LogP contribution in [0.1, 0.15) is 5.56 Å². The summed E-state index contributed by atoms with van der Waals surface area (Å²) in [7, 11) is 1.72. The van der Waals surface area contributed by atoms with Gasteiger partial charge in [0.15, 0.2) is 0 Å². The number of rotatable bonds is 5. The van der Waals surface area contributed by atoms with Crippen LogP contribution < -0.4 is 9.64 Å². The fraction of sp³-hybridized carbons (Fsp3) is 0.0833. The highest BCUT2D eigenvalue weighted by Gasteiger charge is 2.16. The van der Waals surface area contributed by atoms with E-state index in [0.717, 1.165) is 12.3 Å². The van der Waals surface area contributed by atoms with Gasteiger partial charge in [-0.25, -0.2) is 0 Å². The predicted octanol–water partition coefficient (Wildman–Crippen LogP) is 7.46. The van der Waals surface area contributed by atoms with Crippen molar-refractivity contribution in [2.24, 2.45) is 0 Å². The van der Waals surface area contributed by atoms with Crippen molar-refractivity contribution in [2.45, 2.75) is 6.54 Å². The molecule has 2 aromatic heterocycles. The second kappa shape index (κ2) is 7.30. The summed E-state index contributed by atoms with van der Waals surface area (Å²) in [4.78, 5) is 2.42. The van der Waals surface area contributed by atoms with Crippen molar-refractivity contribution < 1.29 is 4.74 Å². The fourth-order valence-corrected chi connectivity index (χ4v) is 5.63. The highest BCUT2D eigenvalue weighted by atomic mass is 32.1. The van der Waals surface area contributed by atoms with Gasteiger partial charge in [0.25, 0.3) is 0 Å². The topological polar surface area (TPSA) is 12.5 Å². The number of ether oxygens (including phenoxy) is 1. The average molecular weight is 402 g/mol. The van der Waals surface area contributed by atoms with Crippen molar-refractivity contribution in [3.63, 3.8) is 0 Å². The minimum Gasteiger partial charge on any atom is -0.497 e. The van der Waals surface area contributed by atoms with Crippen LogP contribution in [-0.2, 0) is 6.54 Å². The maximum absolute atomic E-state index is 5.43. The highest BCUT2D eigenvalue weighted by molar-refractivity contribution is 7.25. The Bertz CT molecular complexity index is 1110. The van der Waals surface area contributed by atoms with Crippen LogP contribution in [0.4, 0.5) is 10.0 Å². The molecule has 28 heavy (non-hydrogen) atoms. The first-order chi connectivity index (χ1) is 13.8. The lowest BCUT2D eigenvalue weighted by Crippen LogP contribution is -2.13. The molecule has 0 saturated carbocycles. The van der Waals surface area contributed by atoms with Crippen LogP contribution in [0.3, 0.4) is 0 Å². The van der Waals surface area contributed by atoms with E-state index in [1.54, 1.807) is 7.11 Å². The van der Waals surface area contributed by atoms with Crippen molar-refractivity contribution in [1.29, 1.82) is 0 Å². The number of fused-ring (bicyclic) bond motifs is 2. The standard InChI is InChI=1S/C24H19NOS2/c1-26-20-10-6-7-17(13-20)16-25(23-14-18-8-2-4-11-21(18)27-23)24-15-19-9-3-5-12-22(19)28-24/h2-15H,16H2,1H3. The summed E-state index contributed by atoms with van der Waals surface area (Å²) in [5.74, 6) is 0.894. The molecule has 0 aliphatic carbocycles. The molecule has 0 amide bonds. The minimum atomic E-state index is 0.802. The van der Waals surface area contributed by atoms with E-state index in [-0.39, 0.29) is 0 Å². The van der Waals surface area contributed by atoms with Gasteiger partial charge in [0, 0.05) is 15.9 Å². The Labute approximate surface area is 172 Å². The molecule has 0 spiro atoms. The molecule has 2 nitrogen and oxygen atoms in total. The molecule has 0 fully saturated rings. The number of methoxy groups -OCH3 is 1. The van der Waals surface area contributed by atoms with Crippen LogP contribution in [-0.4, -0.2) is 7.11 Å². The van der Waals surface area contributed by atoms with Crippen LogP contribution in [0.5, 0.6) is 5.75 Å². The van der Waals surface area contributed by atoms with Crippen molar-refractivity contribution in [3.8, 4) is 5.75 Å². The van der Waals surface area contributed by atoms with Gasteiger partial charge in [-0.1, -0.05) is 48.5 Å². The molecule has 0 bridgehead atoms. The molecule has 0 unspecified atom stereocenters. The smallest absolute Gasteiger partial charge is 0.119 e. The van der Waals surface area contributed by atoms with Gasteiger partial charge in [0.05, 0.1) is 17.1 Å². The van der Waals surface area contributed by atoms with Crippen LogP contribution in [0.15, 0.2) is 84.9 Å². The normalized spacial score (nSPS) is 11.2. The van der Waals surface area contributed by atoms with E-state index in [4.69, 9.17) is 4.74 Å². The predicted molar refractivity (Wildman–Crippen MR) is 122 cm³/mol. The summed E-state index contributed by atoms with van der Waals surface area (Å²) in [6.45, 7) is 0.802. The zero-order valence-corrected chi connectivity index (χ0v) is 17.1. The first-order valence-electron chi connectivity index (χ1n) is 9.18. The molecule has 0 radical (unpaired) electrons. The molecule has 2 heterocycles. The summed E-state index contributed by atoms with van der Waals surface area (Å²) in [5, 5.41) is 5.10. The third-order valence-electron chi connectivity index (χ3n) is 4.83. The first kappa shape index (κ1) is 17.3. The molecule has 0 saturated heterocycles. The maximum Gasteiger partial charge on any atom is 0.119 e. The largest absolute Gasteiger partial charge is 0.497 e. The molecule has 0 aliphatic heterocycles. The average Bonchev–Trinajstić information content (AvgIpc) is 3.36. The van der Waals surface area contributed by atoms with Gasteiger partial charge in [-0.3, -0.25) is 0 Å². The molecule has 0 aliphatic rings. The van der Waals surface area contributed by atoms with E-state index in [1.165, 1.54) is 35.7 Å². The van der Waals surface area contributed by atoms with Crippen LogP contribution in [0.2, 0.25) is 0 Å². The lowest BCUT2D eigenvalue weighted by atomic mass is 10.2. The third kappa shape index (κ3) is 3.26. The molecule has 0 atom stereocenters. The monoisotopic (exact) mass is 401 g/mol. The van der Waals surface area contributed by atoms with E-state index in [9.17, 15) is 0 Å². The summed E-state index contributed by atoms with van der Waals surface area (Å²) >= 11 is 3.68. The van der Waals surface area contributed by atoms with Crippen LogP contribution in [0, 0.1) is 0 Å². The quantitative estimate of drug-likeness (QED) is 0.303. The number of hydrogen-bond donors (Lipinski definition) is 0. The molecule has 138 valence electrons. The van der Waals surface area contributed by atoms with E-state index in [0.29, 0.717) is 0 Å². The Hall–Kier alpha value is -2.82. The second-order valence-corrected chi connectivity index (χ2v) is 8.81. The number of hydrogen-bond acceptors (Lipinski definition) is 4. The van der Waals surface area contributed by atoms with Crippen molar-refractivity contribution in [3.05, 3.63) is 90.5 Å². The molecular formula is C24H19NOS2. The number of anilines is 2. The Balaban J connectivity index is 1.62. The lowest BCUT2D eigenvalue weighted by Gasteiger charge is -2.21. The Morgan fingerprint density at radius 3 is 1.89 bits per heavy atom. The van der Waals surface area contributed by atoms with Crippen LogP contribution in [0.25, 0.3) is 20.2 Å². The van der Waals surface area contributed by atoms with Crippen LogP contribution >= 0.6 is 22.7 Å². The molecule has 3 aromatic carbocycles. The Kier molecular flexibility index (Phi) is 4.51. The van der Waals surface area contributed by atoms with Gasteiger partial charge in [-0.2, -0.15) is 0 Å². The minimum absolute atomic E-state index is 0.802. The number of benzene rings is 3. The Morgan fingerprint density at radius 1 is 0.714 bits per heavy atom. The molecule has 5 aromatic rings. The molecule has 4 heteroatoms.